The number of amides is 1. The molecule has 160 valence electrons. The zero-order valence-electron chi connectivity index (χ0n) is 18.3. The molecule has 1 heterocycles. The maximum atomic E-state index is 14.0. The molecule has 1 amide bonds. The lowest BCUT2D eigenvalue weighted by Gasteiger charge is -2.37. The summed E-state index contributed by atoms with van der Waals surface area (Å²) in [5.74, 6) is -0.0312. The summed E-state index contributed by atoms with van der Waals surface area (Å²) in [6.07, 6.45) is 1.21. The van der Waals surface area contributed by atoms with Crippen LogP contribution in [-0.4, -0.2) is 11.7 Å². The highest BCUT2D eigenvalue weighted by molar-refractivity contribution is 6.12. The van der Waals surface area contributed by atoms with E-state index in [0.717, 1.165) is 29.1 Å². The fraction of sp³-hybridized carbons (Fsp3) is 0.214. The summed E-state index contributed by atoms with van der Waals surface area (Å²) in [6.45, 7) is 4.25. The van der Waals surface area contributed by atoms with Crippen LogP contribution in [0.3, 0.4) is 0 Å². The topological polar surface area (TPSA) is 49.4 Å². The van der Waals surface area contributed by atoms with E-state index in [9.17, 15) is 9.59 Å². The first-order chi connectivity index (χ1) is 15.4. The summed E-state index contributed by atoms with van der Waals surface area (Å²) in [6, 6.07) is 26.5. The first-order valence-corrected chi connectivity index (χ1v) is 11.0. The van der Waals surface area contributed by atoms with Crippen molar-refractivity contribution in [3.05, 3.63) is 107 Å². The minimum atomic E-state index is -0.501. The number of para-hydroxylation sites is 2. The van der Waals surface area contributed by atoms with Gasteiger partial charge in [0.2, 0.25) is 0 Å². The second-order valence-corrected chi connectivity index (χ2v) is 9.33. The van der Waals surface area contributed by atoms with Gasteiger partial charge in [-0.15, -0.1) is 0 Å². The molecule has 3 aromatic rings. The lowest BCUT2D eigenvalue weighted by atomic mass is 9.73. The molecule has 32 heavy (non-hydrogen) atoms. The fourth-order valence-corrected chi connectivity index (χ4v) is 4.88. The van der Waals surface area contributed by atoms with Crippen LogP contribution in [-0.2, 0) is 4.79 Å². The van der Waals surface area contributed by atoms with Crippen LogP contribution in [0, 0.1) is 5.41 Å². The van der Waals surface area contributed by atoms with Gasteiger partial charge in [-0.3, -0.25) is 14.5 Å². The van der Waals surface area contributed by atoms with E-state index < -0.39 is 6.04 Å². The van der Waals surface area contributed by atoms with E-state index in [1.54, 1.807) is 4.90 Å². The van der Waals surface area contributed by atoms with Crippen molar-refractivity contribution in [2.45, 2.75) is 32.7 Å². The number of benzene rings is 3. The van der Waals surface area contributed by atoms with Crippen LogP contribution in [0.1, 0.15) is 48.7 Å². The van der Waals surface area contributed by atoms with E-state index in [1.165, 1.54) is 0 Å². The number of allylic oxidation sites excluding steroid dienone is 1. The van der Waals surface area contributed by atoms with Crippen molar-refractivity contribution >= 4 is 23.1 Å². The monoisotopic (exact) mass is 422 g/mol. The maximum Gasteiger partial charge on any atom is 0.259 e. The van der Waals surface area contributed by atoms with Gasteiger partial charge in [0, 0.05) is 23.3 Å². The maximum absolute atomic E-state index is 14.0. The Balaban J connectivity index is 1.79. The standard InChI is InChI=1S/C28H26N2O2/c1-28(2)17-22-25(24(31)18-28)26(19-11-5-3-6-12-19)30(23-16-10-9-15-21(23)29-22)27(32)20-13-7-4-8-14-20/h3-16,26,29H,17-18H2,1-2H3. The molecule has 0 fully saturated rings. The van der Waals surface area contributed by atoms with Gasteiger partial charge in [-0.05, 0) is 41.7 Å². The molecule has 1 aliphatic heterocycles. The molecule has 4 heteroatoms. The lowest BCUT2D eigenvalue weighted by molar-refractivity contribution is -0.118. The van der Waals surface area contributed by atoms with Gasteiger partial charge in [-0.25, -0.2) is 0 Å². The smallest absolute Gasteiger partial charge is 0.259 e. The van der Waals surface area contributed by atoms with Crippen LogP contribution in [0.2, 0.25) is 0 Å². The SMILES string of the molecule is CC1(C)CC(=O)C2=C(C1)Nc1ccccc1N(C(=O)c1ccccc1)C2c1ccccc1. The molecule has 3 aromatic carbocycles. The average Bonchev–Trinajstić information content (AvgIpc) is 2.93. The van der Waals surface area contributed by atoms with Gasteiger partial charge in [-0.1, -0.05) is 74.5 Å². The molecule has 4 nitrogen and oxygen atoms in total. The summed E-state index contributed by atoms with van der Waals surface area (Å²) < 4.78 is 0. The molecule has 2 aliphatic rings. The van der Waals surface area contributed by atoms with Crippen molar-refractivity contribution in [3.8, 4) is 0 Å². The molecule has 0 saturated carbocycles. The van der Waals surface area contributed by atoms with Crippen LogP contribution in [0.5, 0.6) is 0 Å². The second kappa shape index (κ2) is 7.79. The quantitative estimate of drug-likeness (QED) is 0.539. The number of anilines is 2. The highest BCUT2D eigenvalue weighted by Crippen LogP contribution is 2.48. The molecule has 0 bridgehead atoms. The molecule has 0 aromatic heterocycles. The minimum absolute atomic E-state index is 0.0938. The summed E-state index contributed by atoms with van der Waals surface area (Å²) >= 11 is 0. The Kier molecular flexibility index (Phi) is 4.93. The predicted molar refractivity (Wildman–Crippen MR) is 128 cm³/mol. The van der Waals surface area contributed by atoms with Gasteiger partial charge < -0.3 is 5.32 Å². The zero-order chi connectivity index (χ0) is 22.3. The lowest BCUT2D eigenvalue weighted by Crippen LogP contribution is -2.39. The molecular formula is C28H26N2O2. The normalized spacial score (nSPS) is 19.5. The van der Waals surface area contributed by atoms with E-state index in [1.807, 2.05) is 84.9 Å². The summed E-state index contributed by atoms with van der Waals surface area (Å²) in [4.78, 5) is 29.4. The number of carbonyl (C=O) groups is 2. The van der Waals surface area contributed by atoms with Crippen molar-refractivity contribution in [3.63, 3.8) is 0 Å². The Labute approximate surface area is 188 Å². The van der Waals surface area contributed by atoms with Gasteiger partial charge >= 0.3 is 0 Å². The number of nitrogens with one attached hydrogen (secondary N) is 1. The van der Waals surface area contributed by atoms with E-state index in [0.29, 0.717) is 17.6 Å². The van der Waals surface area contributed by atoms with Gasteiger partial charge in [0.05, 0.1) is 17.4 Å². The Bertz CT molecular complexity index is 1210. The summed E-state index contributed by atoms with van der Waals surface area (Å²) in [5, 5.41) is 3.55. The molecule has 0 spiro atoms. The minimum Gasteiger partial charge on any atom is -0.357 e. The number of hydrogen-bond acceptors (Lipinski definition) is 3. The van der Waals surface area contributed by atoms with Gasteiger partial charge in [-0.2, -0.15) is 0 Å². The van der Waals surface area contributed by atoms with E-state index in [2.05, 4.69) is 19.2 Å². The molecule has 1 aliphatic carbocycles. The van der Waals surface area contributed by atoms with Crippen molar-refractivity contribution in [2.24, 2.45) is 5.41 Å². The van der Waals surface area contributed by atoms with Crippen molar-refractivity contribution in [1.29, 1.82) is 0 Å². The molecular weight excluding hydrogens is 396 g/mol. The van der Waals surface area contributed by atoms with Crippen LogP contribution >= 0.6 is 0 Å². The molecule has 1 N–H and O–H groups in total. The van der Waals surface area contributed by atoms with Crippen LogP contribution < -0.4 is 10.2 Å². The highest BCUT2D eigenvalue weighted by atomic mass is 16.2. The van der Waals surface area contributed by atoms with Crippen LogP contribution in [0.25, 0.3) is 0 Å². The average molecular weight is 423 g/mol. The Hall–Kier alpha value is -3.66. The predicted octanol–water partition coefficient (Wildman–Crippen LogP) is 6.14. The van der Waals surface area contributed by atoms with Crippen molar-refractivity contribution < 1.29 is 9.59 Å². The van der Waals surface area contributed by atoms with Gasteiger partial charge in [0.1, 0.15) is 0 Å². The molecule has 1 unspecified atom stereocenters. The number of nitrogens with zero attached hydrogens (tertiary/aromatic N) is 1. The number of hydrogen-bond donors (Lipinski definition) is 1. The molecule has 1 atom stereocenters. The van der Waals surface area contributed by atoms with E-state index in [-0.39, 0.29) is 17.1 Å². The summed E-state index contributed by atoms with van der Waals surface area (Å²) in [7, 11) is 0. The zero-order valence-corrected chi connectivity index (χ0v) is 18.3. The molecule has 0 radical (unpaired) electrons. The Morgan fingerprint density at radius 3 is 2.22 bits per heavy atom. The van der Waals surface area contributed by atoms with E-state index >= 15 is 0 Å². The third-order valence-electron chi connectivity index (χ3n) is 6.26. The third kappa shape index (κ3) is 3.52. The van der Waals surface area contributed by atoms with Crippen LogP contribution in [0.4, 0.5) is 11.4 Å². The second-order valence-electron chi connectivity index (χ2n) is 9.33. The van der Waals surface area contributed by atoms with Crippen LogP contribution in [0.15, 0.2) is 96.2 Å². The molecule has 5 rings (SSSR count). The molecule has 0 saturated heterocycles. The number of carbonyl (C=O) groups excluding carboxylic acids is 2. The van der Waals surface area contributed by atoms with E-state index in [4.69, 9.17) is 0 Å². The largest absolute Gasteiger partial charge is 0.357 e. The highest BCUT2D eigenvalue weighted by Gasteiger charge is 2.43. The van der Waals surface area contributed by atoms with Crippen molar-refractivity contribution in [1.82, 2.24) is 0 Å². The first kappa shape index (κ1) is 20.3. The number of rotatable bonds is 2. The summed E-state index contributed by atoms with van der Waals surface area (Å²) in [5.41, 5.74) is 4.60. The van der Waals surface area contributed by atoms with Gasteiger partial charge in [0.15, 0.2) is 5.78 Å². The van der Waals surface area contributed by atoms with Crippen molar-refractivity contribution in [2.75, 3.05) is 10.2 Å². The first-order valence-electron chi connectivity index (χ1n) is 11.0. The third-order valence-corrected chi connectivity index (χ3v) is 6.26. The number of Topliss-reactive ketones (excluding diaryl/α,β-unsaturated/α-hetero) is 1. The number of ketones is 1. The Morgan fingerprint density at radius 1 is 0.875 bits per heavy atom. The Morgan fingerprint density at radius 2 is 1.50 bits per heavy atom. The fourth-order valence-electron chi connectivity index (χ4n) is 4.88. The van der Waals surface area contributed by atoms with Gasteiger partial charge in [0.25, 0.3) is 5.91 Å². The number of fused-ring (bicyclic) bond motifs is 1.